The van der Waals surface area contributed by atoms with E-state index in [1.165, 1.54) is 0 Å². The maximum Gasteiger partial charge on any atom is 0.212 e. The van der Waals surface area contributed by atoms with Gasteiger partial charge >= 0.3 is 0 Å². The van der Waals surface area contributed by atoms with Crippen molar-refractivity contribution in [3.05, 3.63) is 0 Å². The lowest BCUT2D eigenvalue weighted by Crippen LogP contribution is -1.87. The summed E-state index contributed by atoms with van der Waals surface area (Å²) in [4.78, 5) is 0. The van der Waals surface area contributed by atoms with E-state index in [4.69, 9.17) is 10.8 Å². The smallest absolute Gasteiger partial charge is 0.212 e. The van der Waals surface area contributed by atoms with Crippen LogP contribution in [-0.4, -0.2) is 32.0 Å². The number of hydrogen-bond donors (Lipinski definition) is 2. The SMILES string of the molecule is CCN.O=S(=O)=CCO. The average Bonchev–Trinajstić information content (AvgIpc) is 1.67. The summed E-state index contributed by atoms with van der Waals surface area (Å²) in [6.45, 7) is 2.25. The molecule has 0 spiro atoms. The molecule has 0 amide bonds. The molecule has 0 saturated heterocycles. The van der Waals surface area contributed by atoms with Crippen LogP contribution in [0.4, 0.5) is 0 Å². The van der Waals surface area contributed by atoms with Gasteiger partial charge in [-0.25, -0.2) is 0 Å². The fourth-order valence-electron chi connectivity index (χ4n) is 0.0609. The minimum atomic E-state index is -2.19. The normalized spacial score (nSPS) is 7.00. The van der Waals surface area contributed by atoms with Crippen LogP contribution in [-0.2, 0) is 10.3 Å². The number of nitrogens with two attached hydrogens (primary N) is 1. The fourth-order valence-corrected chi connectivity index (χ4v) is 0.183. The Bertz CT molecular complexity index is 141. The van der Waals surface area contributed by atoms with Crippen LogP contribution in [0.2, 0.25) is 0 Å². The summed E-state index contributed by atoms with van der Waals surface area (Å²) in [7, 11) is -2.19. The van der Waals surface area contributed by atoms with Crippen molar-refractivity contribution in [2.75, 3.05) is 13.2 Å². The molecule has 0 aliphatic heterocycles. The van der Waals surface area contributed by atoms with E-state index in [0.717, 1.165) is 11.9 Å². The molecule has 0 heterocycles. The minimum Gasteiger partial charge on any atom is -0.391 e. The lowest BCUT2D eigenvalue weighted by atomic mass is 10.8. The van der Waals surface area contributed by atoms with Crippen LogP contribution in [0.5, 0.6) is 0 Å². The summed E-state index contributed by atoms with van der Waals surface area (Å²) in [6, 6.07) is 0. The van der Waals surface area contributed by atoms with E-state index in [-0.39, 0.29) is 0 Å². The number of hydrogen-bond acceptors (Lipinski definition) is 4. The summed E-state index contributed by atoms with van der Waals surface area (Å²) in [6.07, 6.45) is 0. The van der Waals surface area contributed by atoms with Crippen LogP contribution in [0, 0.1) is 0 Å². The highest BCUT2D eigenvalue weighted by Crippen LogP contribution is 1.38. The van der Waals surface area contributed by atoms with Gasteiger partial charge in [0.25, 0.3) is 0 Å². The van der Waals surface area contributed by atoms with E-state index >= 15 is 0 Å². The number of aliphatic hydroxyl groups is 1. The van der Waals surface area contributed by atoms with Crippen LogP contribution in [0.25, 0.3) is 0 Å². The molecule has 0 saturated carbocycles. The first-order chi connectivity index (χ1) is 4.18. The van der Waals surface area contributed by atoms with Crippen LogP contribution >= 0.6 is 0 Å². The van der Waals surface area contributed by atoms with Crippen molar-refractivity contribution < 1.29 is 13.5 Å². The van der Waals surface area contributed by atoms with Gasteiger partial charge in [-0.3, -0.25) is 0 Å². The molecule has 0 radical (unpaired) electrons. The predicted octanol–water partition coefficient (Wildman–Crippen LogP) is -1.37. The second-order valence-corrected chi connectivity index (χ2v) is 1.87. The molecule has 0 aliphatic carbocycles. The summed E-state index contributed by atoms with van der Waals surface area (Å²) < 4.78 is 18.8. The Morgan fingerprint density at radius 2 is 2.00 bits per heavy atom. The van der Waals surface area contributed by atoms with Gasteiger partial charge in [0.15, 0.2) is 0 Å². The third kappa shape index (κ3) is 35.2. The first kappa shape index (κ1) is 11.4. The summed E-state index contributed by atoms with van der Waals surface area (Å²) in [5, 5.41) is 8.55. The highest BCUT2D eigenvalue weighted by Gasteiger charge is 1.62. The Morgan fingerprint density at radius 3 is 2.00 bits per heavy atom. The van der Waals surface area contributed by atoms with E-state index < -0.39 is 16.9 Å². The van der Waals surface area contributed by atoms with Crippen LogP contribution in [0.1, 0.15) is 6.92 Å². The summed E-state index contributed by atoms with van der Waals surface area (Å²) in [5.41, 5.74) is 4.85. The molecular formula is C4H11NO3S. The van der Waals surface area contributed by atoms with Crippen LogP contribution in [0.3, 0.4) is 0 Å². The van der Waals surface area contributed by atoms with Crippen molar-refractivity contribution in [3.63, 3.8) is 0 Å². The highest BCUT2D eigenvalue weighted by atomic mass is 32.2. The van der Waals surface area contributed by atoms with Gasteiger partial charge in [0.1, 0.15) is 0 Å². The van der Waals surface area contributed by atoms with E-state index in [2.05, 4.69) is 0 Å². The van der Waals surface area contributed by atoms with E-state index in [0.29, 0.717) is 0 Å². The Labute approximate surface area is 55.8 Å². The Hall–Kier alpha value is -0.390. The zero-order valence-corrected chi connectivity index (χ0v) is 6.06. The molecule has 0 rings (SSSR count). The third-order valence-corrected chi connectivity index (χ3v) is 0.632. The van der Waals surface area contributed by atoms with Crippen LogP contribution < -0.4 is 5.73 Å². The lowest BCUT2D eigenvalue weighted by Gasteiger charge is -1.59. The predicted molar refractivity (Wildman–Crippen MR) is 36.8 cm³/mol. The van der Waals surface area contributed by atoms with Gasteiger partial charge in [0.05, 0.1) is 12.0 Å². The molecule has 9 heavy (non-hydrogen) atoms. The number of rotatable bonds is 1. The van der Waals surface area contributed by atoms with Crippen molar-refractivity contribution in [2.45, 2.75) is 6.92 Å². The lowest BCUT2D eigenvalue weighted by molar-refractivity contribution is 0.363. The summed E-state index contributed by atoms with van der Waals surface area (Å²) in [5.74, 6) is 0. The first-order valence-electron chi connectivity index (χ1n) is 2.41. The monoisotopic (exact) mass is 153 g/mol. The molecule has 0 aliphatic rings. The Balaban J connectivity index is 0. The fraction of sp³-hybridized carbons (Fsp3) is 0.750. The molecule has 3 N–H and O–H groups in total. The molecule has 5 heteroatoms. The molecule has 0 fully saturated rings. The average molecular weight is 153 g/mol. The van der Waals surface area contributed by atoms with Crippen molar-refractivity contribution >= 4 is 15.7 Å². The van der Waals surface area contributed by atoms with E-state index in [1.807, 2.05) is 6.92 Å². The van der Waals surface area contributed by atoms with Gasteiger partial charge < -0.3 is 10.8 Å². The quantitative estimate of drug-likeness (QED) is 0.455. The van der Waals surface area contributed by atoms with E-state index in [9.17, 15) is 8.42 Å². The standard InChI is InChI=1S/C2H7N.C2H4O3S/c1-2-3;3-1-2-6(4)5/h2-3H2,1H3;2-3H,1H2. The van der Waals surface area contributed by atoms with Gasteiger partial charge in [-0.05, 0) is 6.54 Å². The second-order valence-electron chi connectivity index (χ2n) is 1.02. The zero-order valence-electron chi connectivity index (χ0n) is 5.24. The molecular weight excluding hydrogens is 142 g/mol. The Morgan fingerprint density at radius 1 is 1.67 bits per heavy atom. The van der Waals surface area contributed by atoms with Crippen molar-refractivity contribution in [3.8, 4) is 0 Å². The highest BCUT2D eigenvalue weighted by molar-refractivity contribution is 7.71. The van der Waals surface area contributed by atoms with Crippen LogP contribution in [0.15, 0.2) is 0 Å². The first-order valence-corrected chi connectivity index (χ1v) is 3.55. The molecule has 0 unspecified atom stereocenters. The van der Waals surface area contributed by atoms with Crippen molar-refractivity contribution in [1.29, 1.82) is 0 Å². The molecule has 0 atom stereocenters. The molecule has 0 aromatic heterocycles. The van der Waals surface area contributed by atoms with Gasteiger partial charge in [-0.2, -0.15) is 8.42 Å². The van der Waals surface area contributed by atoms with Gasteiger partial charge in [0, 0.05) is 0 Å². The van der Waals surface area contributed by atoms with Gasteiger partial charge in [0.2, 0.25) is 10.3 Å². The summed E-state index contributed by atoms with van der Waals surface area (Å²) >= 11 is 0. The third-order valence-electron chi connectivity index (χ3n) is 0.211. The van der Waals surface area contributed by atoms with Crippen molar-refractivity contribution in [1.82, 2.24) is 0 Å². The molecule has 0 aromatic carbocycles. The molecule has 56 valence electrons. The largest absolute Gasteiger partial charge is 0.391 e. The Kier molecular flexibility index (Phi) is 13.4. The zero-order chi connectivity index (χ0) is 7.70. The van der Waals surface area contributed by atoms with E-state index in [1.54, 1.807) is 0 Å². The number of aliphatic hydroxyl groups excluding tert-OH is 1. The van der Waals surface area contributed by atoms with Gasteiger partial charge in [-0.15, -0.1) is 0 Å². The van der Waals surface area contributed by atoms with Crippen molar-refractivity contribution in [2.24, 2.45) is 5.73 Å². The molecule has 0 aromatic rings. The maximum absolute atomic E-state index is 9.38. The molecule has 0 bridgehead atoms. The van der Waals surface area contributed by atoms with Gasteiger partial charge in [-0.1, -0.05) is 6.92 Å². The topological polar surface area (TPSA) is 80.4 Å². The molecule has 4 nitrogen and oxygen atoms in total. The second kappa shape index (κ2) is 10.6. The maximum atomic E-state index is 9.38. The minimum absolute atomic E-state index is 0.407.